The Kier molecular flexibility index (Phi) is 5.98. The highest BCUT2D eigenvalue weighted by molar-refractivity contribution is 7.89. The van der Waals surface area contributed by atoms with Crippen molar-refractivity contribution in [3.63, 3.8) is 0 Å². The second kappa shape index (κ2) is 7.54. The molecule has 1 aromatic rings. The lowest BCUT2D eigenvalue weighted by Gasteiger charge is -2.33. The fraction of sp³-hybridized carbons (Fsp3) is 0.643. The summed E-state index contributed by atoms with van der Waals surface area (Å²) in [6.45, 7) is 4.68. The van der Waals surface area contributed by atoms with Crippen molar-refractivity contribution >= 4 is 21.6 Å². The Morgan fingerprint density at radius 3 is 3.00 bits per heavy atom. The first-order valence-electron chi connectivity index (χ1n) is 7.34. The number of nitrogens with zero attached hydrogens (tertiary/aromatic N) is 2. The molecule has 2 rings (SSSR count). The van der Waals surface area contributed by atoms with Gasteiger partial charge >= 0.3 is 0 Å². The minimum absolute atomic E-state index is 0.0398. The van der Waals surface area contributed by atoms with E-state index in [0.717, 1.165) is 19.5 Å². The maximum Gasteiger partial charge on any atom is 0.243 e. The van der Waals surface area contributed by atoms with Crippen LogP contribution in [0.3, 0.4) is 0 Å². The van der Waals surface area contributed by atoms with E-state index in [2.05, 4.69) is 21.5 Å². The van der Waals surface area contributed by atoms with Crippen LogP contribution in [-0.4, -0.2) is 44.0 Å². The number of pyridine rings is 1. The molecule has 0 aromatic carbocycles. The summed E-state index contributed by atoms with van der Waals surface area (Å²) in [5.74, 6) is 0. The van der Waals surface area contributed by atoms with Gasteiger partial charge in [0.1, 0.15) is 4.90 Å². The van der Waals surface area contributed by atoms with E-state index in [1.165, 1.54) is 37.7 Å². The van der Waals surface area contributed by atoms with Gasteiger partial charge in [0.05, 0.1) is 5.02 Å². The highest BCUT2D eigenvalue weighted by Crippen LogP contribution is 2.19. The van der Waals surface area contributed by atoms with Gasteiger partial charge in [-0.3, -0.25) is 4.98 Å². The fourth-order valence-corrected chi connectivity index (χ4v) is 4.12. The highest BCUT2D eigenvalue weighted by Gasteiger charge is 2.19. The smallest absolute Gasteiger partial charge is 0.243 e. The molecule has 0 aliphatic carbocycles. The molecule has 0 saturated carbocycles. The average molecular weight is 332 g/mol. The van der Waals surface area contributed by atoms with E-state index < -0.39 is 10.0 Å². The van der Waals surface area contributed by atoms with E-state index in [1.54, 1.807) is 0 Å². The van der Waals surface area contributed by atoms with E-state index in [9.17, 15) is 8.42 Å². The molecule has 1 unspecified atom stereocenters. The normalized spacial score (nSPS) is 20.6. The molecule has 118 valence electrons. The Morgan fingerprint density at radius 2 is 2.29 bits per heavy atom. The summed E-state index contributed by atoms with van der Waals surface area (Å²) in [5, 5.41) is 0.196. The number of nitrogens with one attached hydrogen (secondary N) is 1. The van der Waals surface area contributed by atoms with Gasteiger partial charge in [-0.1, -0.05) is 18.0 Å². The van der Waals surface area contributed by atoms with E-state index >= 15 is 0 Å². The second-order valence-electron chi connectivity index (χ2n) is 5.44. The number of hydrogen-bond donors (Lipinski definition) is 1. The highest BCUT2D eigenvalue weighted by atomic mass is 35.5. The minimum atomic E-state index is -3.57. The number of aromatic nitrogens is 1. The van der Waals surface area contributed by atoms with Gasteiger partial charge in [0.25, 0.3) is 0 Å². The predicted molar refractivity (Wildman–Crippen MR) is 83.9 cm³/mol. The van der Waals surface area contributed by atoms with Gasteiger partial charge < -0.3 is 4.90 Å². The van der Waals surface area contributed by atoms with Crippen LogP contribution in [0.5, 0.6) is 0 Å². The van der Waals surface area contributed by atoms with Crippen molar-refractivity contribution < 1.29 is 8.42 Å². The van der Waals surface area contributed by atoms with Crippen molar-refractivity contribution in [3.05, 3.63) is 23.5 Å². The fourth-order valence-electron chi connectivity index (χ4n) is 2.62. The first-order valence-corrected chi connectivity index (χ1v) is 9.20. The molecule has 1 atom stereocenters. The third-order valence-electron chi connectivity index (χ3n) is 3.88. The summed E-state index contributed by atoms with van der Waals surface area (Å²) in [6, 6.07) is 2.08. The molecular formula is C14H22ClN3O2S. The second-order valence-corrected chi connectivity index (χ2v) is 7.58. The maximum atomic E-state index is 12.1. The van der Waals surface area contributed by atoms with Crippen molar-refractivity contribution in [2.24, 2.45) is 0 Å². The van der Waals surface area contributed by atoms with Crippen molar-refractivity contribution in [2.75, 3.05) is 19.6 Å². The molecule has 1 saturated heterocycles. The predicted octanol–water partition coefficient (Wildman–Crippen LogP) is 2.28. The van der Waals surface area contributed by atoms with Crippen LogP contribution < -0.4 is 4.72 Å². The molecule has 5 nitrogen and oxygen atoms in total. The van der Waals surface area contributed by atoms with Gasteiger partial charge in [0, 0.05) is 25.0 Å². The third-order valence-corrected chi connectivity index (χ3v) is 5.81. The van der Waals surface area contributed by atoms with Crippen molar-refractivity contribution in [3.8, 4) is 0 Å². The lowest BCUT2D eigenvalue weighted by Crippen LogP contribution is -2.39. The summed E-state index contributed by atoms with van der Waals surface area (Å²) < 4.78 is 26.8. The van der Waals surface area contributed by atoms with Gasteiger partial charge in [0.2, 0.25) is 10.0 Å². The summed E-state index contributed by atoms with van der Waals surface area (Å²) in [7, 11) is -3.57. The first-order chi connectivity index (χ1) is 10.0. The SMILES string of the molecule is CC1CCCCN1CCCNS(=O)(=O)c1cnccc1Cl. The van der Waals surface area contributed by atoms with E-state index in [0.29, 0.717) is 12.6 Å². The topological polar surface area (TPSA) is 62.3 Å². The van der Waals surface area contributed by atoms with Crippen LogP contribution >= 0.6 is 11.6 Å². The first kappa shape index (κ1) is 16.7. The Balaban J connectivity index is 1.81. The Bertz CT molecular complexity index is 565. The molecule has 1 fully saturated rings. The molecule has 1 aliphatic heterocycles. The summed E-state index contributed by atoms with van der Waals surface area (Å²) in [4.78, 5) is 6.28. The zero-order valence-electron chi connectivity index (χ0n) is 12.3. The van der Waals surface area contributed by atoms with Crippen LogP contribution in [0.4, 0.5) is 0 Å². The van der Waals surface area contributed by atoms with Crippen molar-refractivity contribution in [1.82, 2.24) is 14.6 Å². The van der Waals surface area contributed by atoms with Gasteiger partial charge in [-0.25, -0.2) is 13.1 Å². The number of likely N-dealkylation sites (tertiary alicyclic amines) is 1. The molecule has 0 radical (unpaired) electrons. The number of piperidine rings is 1. The Labute approximate surface area is 131 Å². The number of halogens is 1. The molecule has 7 heteroatoms. The summed E-state index contributed by atoms with van der Waals surface area (Å²) in [6.07, 6.45) is 7.31. The zero-order chi connectivity index (χ0) is 15.3. The molecular weight excluding hydrogens is 310 g/mol. The zero-order valence-corrected chi connectivity index (χ0v) is 13.8. The molecule has 1 aromatic heterocycles. The lowest BCUT2D eigenvalue weighted by atomic mass is 10.0. The van der Waals surface area contributed by atoms with E-state index in [1.807, 2.05) is 0 Å². The van der Waals surface area contributed by atoms with Crippen LogP contribution in [0.25, 0.3) is 0 Å². The quantitative estimate of drug-likeness (QED) is 0.812. The summed E-state index contributed by atoms with van der Waals surface area (Å²) in [5.41, 5.74) is 0. The molecule has 1 N–H and O–H groups in total. The van der Waals surface area contributed by atoms with Crippen LogP contribution in [0.1, 0.15) is 32.6 Å². The number of hydrogen-bond acceptors (Lipinski definition) is 4. The van der Waals surface area contributed by atoms with E-state index in [4.69, 9.17) is 11.6 Å². The monoisotopic (exact) mass is 331 g/mol. The van der Waals surface area contributed by atoms with Gasteiger partial charge in [-0.2, -0.15) is 0 Å². The van der Waals surface area contributed by atoms with Crippen LogP contribution in [0, 0.1) is 0 Å². The molecule has 0 amide bonds. The van der Waals surface area contributed by atoms with Crippen LogP contribution in [0.2, 0.25) is 5.02 Å². The van der Waals surface area contributed by atoms with Gasteiger partial charge in [-0.05, 0) is 45.3 Å². The largest absolute Gasteiger partial charge is 0.301 e. The Hall–Kier alpha value is -0.690. The standard InChI is InChI=1S/C14H22ClN3O2S/c1-12-5-2-3-9-18(12)10-4-7-17-21(19,20)14-11-16-8-6-13(14)15/h6,8,11-12,17H,2-5,7,9-10H2,1H3. The molecule has 1 aliphatic rings. The maximum absolute atomic E-state index is 12.1. The number of rotatable bonds is 6. The lowest BCUT2D eigenvalue weighted by molar-refractivity contribution is 0.159. The number of sulfonamides is 1. The van der Waals surface area contributed by atoms with Gasteiger partial charge in [-0.15, -0.1) is 0 Å². The third kappa shape index (κ3) is 4.64. The molecule has 0 bridgehead atoms. The van der Waals surface area contributed by atoms with Gasteiger partial charge in [0.15, 0.2) is 0 Å². The van der Waals surface area contributed by atoms with Crippen molar-refractivity contribution in [2.45, 2.75) is 43.5 Å². The van der Waals surface area contributed by atoms with Crippen molar-refractivity contribution in [1.29, 1.82) is 0 Å². The Morgan fingerprint density at radius 1 is 1.48 bits per heavy atom. The van der Waals surface area contributed by atoms with Crippen LogP contribution in [-0.2, 0) is 10.0 Å². The van der Waals surface area contributed by atoms with E-state index in [-0.39, 0.29) is 9.92 Å². The summed E-state index contributed by atoms with van der Waals surface area (Å²) >= 11 is 5.90. The molecule has 0 spiro atoms. The minimum Gasteiger partial charge on any atom is -0.301 e. The molecule has 2 heterocycles. The van der Waals surface area contributed by atoms with Crippen LogP contribution in [0.15, 0.2) is 23.4 Å². The average Bonchev–Trinajstić information content (AvgIpc) is 2.45. The molecule has 21 heavy (non-hydrogen) atoms.